The molecule has 1 aliphatic heterocycles. The minimum absolute atomic E-state index is 0.0376. The number of ketones is 3. The van der Waals surface area contributed by atoms with Crippen molar-refractivity contribution >= 4 is 40.7 Å². The number of benzene rings is 2. The highest BCUT2D eigenvalue weighted by Crippen LogP contribution is 2.33. The van der Waals surface area contributed by atoms with Gasteiger partial charge in [-0.1, -0.05) is 18.2 Å². The van der Waals surface area contributed by atoms with Gasteiger partial charge in [-0.2, -0.15) is 0 Å². The molecule has 0 bridgehead atoms. The second-order valence-electron chi connectivity index (χ2n) is 6.36. The van der Waals surface area contributed by atoms with Crippen molar-refractivity contribution in [2.45, 2.75) is 6.92 Å². The van der Waals surface area contributed by atoms with Crippen molar-refractivity contribution in [1.29, 1.82) is 0 Å². The Morgan fingerprint density at radius 3 is 1.84 bits per heavy atom. The third-order valence-corrected chi connectivity index (χ3v) is 4.53. The Labute approximate surface area is 171 Å². The highest BCUT2D eigenvalue weighted by atomic mass is 16.6. The van der Waals surface area contributed by atoms with Crippen LogP contribution >= 0.6 is 0 Å². The predicted molar refractivity (Wildman–Crippen MR) is 98.8 cm³/mol. The first-order valence-electron chi connectivity index (χ1n) is 8.46. The standard InChI is InChI=1S/C11H7NO5.C8H3NO5/c1-5(13)8-10(14)6-3-2-4-7(12(16)17)9(6)11(8)15;10-7-4-2-1-3-5(9(12)13)6(4)8(11)14-7/h2-4,8H,1H3;1-3H. The van der Waals surface area contributed by atoms with E-state index in [1.54, 1.807) is 0 Å². The van der Waals surface area contributed by atoms with Gasteiger partial charge >= 0.3 is 11.9 Å². The first-order chi connectivity index (χ1) is 14.6. The SMILES string of the molecule is CC(=O)C1C(=O)c2cccc([N+](=O)[O-])c2C1=O.O=C1OC(=O)c2c1cccc2[N+](=O)[O-]. The lowest BCUT2D eigenvalue weighted by Gasteiger charge is -1.99. The van der Waals surface area contributed by atoms with Crippen LogP contribution in [0, 0.1) is 26.1 Å². The molecule has 1 atom stereocenters. The largest absolute Gasteiger partial charge is 0.385 e. The van der Waals surface area contributed by atoms with E-state index in [0.717, 1.165) is 19.1 Å². The van der Waals surface area contributed by atoms with Gasteiger partial charge in [0, 0.05) is 17.7 Å². The Balaban J connectivity index is 0.000000179. The molecule has 0 fully saturated rings. The maximum atomic E-state index is 11.8. The molecule has 2 aliphatic rings. The van der Waals surface area contributed by atoms with E-state index < -0.39 is 56.4 Å². The number of ether oxygens (including phenoxy) is 1. The van der Waals surface area contributed by atoms with Crippen molar-refractivity contribution in [2.75, 3.05) is 0 Å². The summed E-state index contributed by atoms with van der Waals surface area (Å²) in [6, 6.07) is 7.59. The summed E-state index contributed by atoms with van der Waals surface area (Å²) in [6.07, 6.45) is 0. The summed E-state index contributed by atoms with van der Waals surface area (Å²) in [4.78, 5) is 76.6. The molecule has 0 saturated heterocycles. The maximum Gasteiger partial charge on any atom is 0.353 e. The molecule has 12 heteroatoms. The number of nitrogens with zero attached hydrogens (tertiary/aromatic N) is 2. The van der Waals surface area contributed by atoms with Crippen LogP contribution in [0.5, 0.6) is 0 Å². The molecule has 0 spiro atoms. The van der Waals surface area contributed by atoms with Crippen LogP contribution in [-0.2, 0) is 9.53 Å². The summed E-state index contributed by atoms with van der Waals surface area (Å²) >= 11 is 0. The van der Waals surface area contributed by atoms with E-state index in [-0.39, 0.29) is 22.3 Å². The van der Waals surface area contributed by atoms with Gasteiger partial charge in [-0.05, 0) is 13.0 Å². The molecule has 156 valence electrons. The fraction of sp³-hybridized carbons (Fsp3) is 0.105. The highest BCUT2D eigenvalue weighted by Gasteiger charge is 2.45. The fourth-order valence-electron chi connectivity index (χ4n) is 3.21. The predicted octanol–water partition coefficient (Wildman–Crippen LogP) is 2.08. The van der Waals surface area contributed by atoms with Gasteiger partial charge in [0.25, 0.3) is 11.4 Å². The van der Waals surface area contributed by atoms with Gasteiger partial charge in [-0.25, -0.2) is 9.59 Å². The number of nitro groups is 2. The molecule has 1 heterocycles. The van der Waals surface area contributed by atoms with Crippen LogP contribution in [0.1, 0.15) is 48.4 Å². The first-order valence-corrected chi connectivity index (χ1v) is 8.46. The Kier molecular flexibility index (Phi) is 5.22. The van der Waals surface area contributed by atoms with Gasteiger partial charge in [0.2, 0.25) is 0 Å². The Morgan fingerprint density at radius 1 is 0.806 bits per heavy atom. The molecule has 4 rings (SSSR count). The second kappa shape index (κ2) is 7.67. The lowest BCUT2D eigenvalue weighted by atomic mass is 10.00. The summed E-state index contributed by atoms with van der Waals surface area (Å²) in [5.41, 5.74) is -1.43. The van der Waals surface area contributed by atoms with Crippen molar-refractivity contribution in [3.8, 4) is 0 Å². The Morgan fingerprint density at radius 2 is 1.32 bits per heavy atom. The van der Waals surface area contributed by atoms with Crippen LogP contribution in [0.4, 0.5) is 11.4 Å². The third kappa shape index (κ3) is 3.46. The zero-order valence-electron chi connectivity index (χ0n) is 15.5. The van der Waals surface area contributed by atoms with Crippen molar-refractivity contribution in [3.05, 3.63) is 78.9 Å². The smallest absolute Gasteiger partial charge is 0.353 e. The number of fused-ring (bicyclic) bond motifs is 2. The van der Waals surface area contributed by atoms with Gasteiger partial charge < -0.3 is 4.74 Å². The minimum atomic E-state index is -1.41. The summed E-state index contributed by atoms with van der Waals surface area (Å²) in [5.74, 6) is -5.23. The van der Waals surface area contributed by atoms with Crippen molar-refractivity contribution in [1.82, 2.24) is 0 Å². The molecule has 0 saturated carbocycles. The molecule has 1 unspecified atom stereocenters. The van der Waals surface area contributed by atoms with Crippen LogP contribution in [0.15, 0.2) is 36.4 Å². The molecule has 2 aromatic carbocycles. The van der Waals surface area contributed by atoms with Gasteiger partial charge in [0.15, 0.2) is 17.1 Å². The van der Waals surface area contributed by atoms with Crippen molar-refractivity contribution < 1.29 is 38.6 Å². The zero-order valence-corrected chi connectivity index (χ0v) is 15.5. The monoisotopic (exact) mass is 426 g/mol. The second-order valence-corrected chi connectivity index (χ2v) is 6.36. The number of nitro benzene ring substituents is 2. The molecular formula is C19H10N2O10. The van der Waals surface area contributed by atoms with Crippen LogP contribution in [-0.4, -0.2) is 39.1 Å². The lowest BCUT2D eigenvalue weighted by Crippen LogP contribution is -2.23. The molecule has 0 aromatic heterocycles. The number of rotatable bonds is 3. The quantitative estimate of drug-likeness (QED) is 0.305. The lowest BCUT2D eigenvalue weighted by molar-refractivity contribution is -0.385. The number of hydrogen-bond donors (Lipinski definition) is 0. The van der Waals surface area contributed by atoms with Crippen LogP contribution in [0.3, 0.4) is 0 Å². The number of carbonyl (C=O) groups is 5. The highest BCUT2D eigenvalue weighted by molar-refractivity contribution is 6.36. The summed E-state index contributed by atoms with van der Waals surface area (Å²) in [7, 11) is 0. The van der Waals surface area contributed by atoms with Crippen LogP contribution < -0.4 is 0 Å². The average Bonchev–Trinajstić information content (AvgIpc) is 3.15. The van der Waals surface area contributed by atoms with E-state index in [2.05, 4.69) is 4.74 Å². The number of cyclic esters (lactones) is 2. The summed E-state index contributed by atoms with van der Waals surface area (Å²) in [6.45, 7) is 1.12. The van der Waals surface area contributed by atoms with Gasteiger partial charge in [0.1, 0.15) is 17.3 Å². The number of esters is 2. The van der Waals surface area contributed by atoms with Crippen LogP contribution in [0.25, 0.3) is 0 Å². The number of carbonyl (C=O) groups excluding carboxylic acids is 5. The van der Waals surface area contributed by atoms with Gasteiger partial charge in [0.05, 0.1) is 15.4 Å². The van der Waals surface area contributed by atoms with E-state index in [4.69, 9.17) is 0 Å². The molecule has 1 aliphatic carbocycles. The van der Waals surface area contributed by atoms with Crippen molar-refractivity contribution in [3.63, 3.8) is 0 Å². The zero-order chi connectivity index (χ0) is 23.0. The maximum absolute atomic E-state index is 11.8. The number of hydrogen-bond acceptors (Lipinski definition) is 10. The summed E-state index contributed by atoms with van der Waals surface area (Å²) in [5, 5.41) is 21.2. The Bertz CT molecular complexity index is 1230. The number of Topliss-reactive ketones (excluding diaryl/α,β-unsaturated/α-hetero) is 3. The summed E-state index contributed by atoms with van der Waals surface area (Å²) < 4.78 is 4.24. The fourth-order valence-corrected chi connectivity index (χ4v) is 3.21. The van der Waals surface area contributed by atoms with E-state index in [0.29, 0.717) is 0 Å². The molecular weight excluding hydrogens is 416 g/mol. The van der Waals surface area contributed by atoms with Gasteiger partial charge in [-0.3, -0.25) is 34.6 Å². The first kappa shape index (κ1) is 21.1. The van der Waals surface area contributed by atoms with Crippen molar-refractivity contribution in [2.24, 2.45) is 5.92 Å². The molecule has 31 heavy (non-hydrogen) atoms. The van der Waals surface area contributed by atoms with E-state index in [1.165, 1.54) is 24.3 Å². The molecule has 0 amide bonds. The Hall–Kier alpha value is -4.61. The average molecular weight is 426 g/mol. The molecule has 0 N–H and O–H groups in total. The normalized spacial score (nSPS) is 16.1. The van der Waals surface area contributed by atoms with E-state index in [1.807, 2.05) is 0 Å². The molecule has 2 aromatic rings. The topological polar surface area (TPSA) is 181 Å². The molecule has 0 radical (unpaired) electrons. The van der Waals surface area contributed by atoms with E-state index >= 15 is 0 Å². The van der Waals surface area contributed by atoms with E-state index in [9.17, 15) is 44.2 Å². The molecule has 12 nitrogen and oxygen atoms in total. The van der Waals surface area contributed by atoms with Crippen LogP contribution in [0.2, 0.25) is 0 Å². The van der Waals surface area contributed by atoms with Gasteiger partial charge in [-0.15, -0.1) is 0 Å². The third-order valence-electron chi connectivity index (χ3n) is 4.53. The minimum Gasteiger partial charge on any atom is -0.385 e.